The van der Waals surface area contributed by atoms with Crippen molar-refractivity contribution >= 4 is 5.91 Å². The minimum atomic E-state index is 0.0313. The number of hydrogen-bond donors (Lipinski definition) is 0. The SMILES string of the molecule is CC(C)Oc1cccc(C(=O)N2CCC(CN3CCCC3)CC2)n1. The van der Waals surface area contributed by atoms with Crippen LogP contribution in [0.5, 0.6) is 5.88 Å². The Kier molecular flexibility index (Phi) is 5.72. The molecule has 1 aromatic rings. The van der Waals surface area contributed by atoms with Gasteiger partial charge in [0.2, 0.25) is 5.88 Å². The van der Waals surface area contributed by atoms with Gasteiger partial charge in [0.25, 0.3) is 5.91 Å². The first-order valence-electron chi connectivity index (χ1n) is 9.27. The molecule has 0 radical (unpaired) electrons. The Bertz CT molecular complexity index is 547. The second kappa shape index (κ2) is 7.97. The first-order chi connectivity index (χ1) is 11.6. The predicted octanol–water partition coefficient (Wildman–Crippen LogP) is 2.82. The molecule has 3 heterocycles. The summed E-state index contributed by atoms with van der Waals surface area (Å²) in [5, 5.41) is 0. The molecule has 5 nitrogen and oxygen atoms in total. The summed E-state index contributed by atoms with van der Waals surface area (Å²) in [6.07, 6.45) is 4.95. The molecule has 0 aromatic carbocycles. The molecule has 0 aliphatic carbocycles. The van der Waals surface area contributed by atoms with Crippen LogP contribution in [-0.4, -0.2) is 59.5 Å². The van der Waals surface area contributed by atoms with Gasteiger partial charge in [0, 0.05) is 25.7 Å². The number of carbonyl (C=O) groups excluding carboxylic acids is 1. The fourth-order valence-corrected chi connectivity index (χ4v) is 3.65. The van der Waals surface area contributed by atoms with Crippen LogP contribution in [0, 0.1) is 5.92 Å². The van der Waals surface area contributed by atoms with Crippen molar-refractivity contribution in [3.63, 3.8) is 0 Å². The summed E-state index contributed by atoms with van der Waals surface area (Å²) >= 11 is 0. The van der Waals surface area contributed by atoms with E-state index in [9.17, 15) is 4.79 Å². The first kappa shape index (κ1) is 17.2. The molecule has 1 amide bonds. The van der Waals surface area contributed by atoms with Crippen LogP contribution in [-0.2, 0) is 0 Å². The summed E-state index contributed by atoms with van der Waals surface area (Å²) in [5.74, 6) is 1.29. The smallest absolute Gasteiger partial charge is 0.272 e. The van der Waals surface area contributed by atoms with Crippen LogP contribution in [0.4, 0.5) is 0 Å². The van der Waals surface area contributed by atoms with Gasteiger partial charge in [-0.25, -0.2) is 4.98 Å². The van der Waals surface area contributed by atoms with Crippen molar-refractivity contribution < 1.29 is 9.53 Å². The molecule has 2 aliphatic heterocycles. The van der Waals surface area contributed by atoms with Crippen LogP contribution >= 0.6 is 0 Å². The van der Waals surface area contributed by atoms with E-state index in [1.165, 1.54) is 32.5 Å². The number of ether oxygens (including phenoxy) is 1. The molecular formula is C19H29N3O2. The molecule has 0 spiro atoms. The van der Waals surface area contributed by atoms with Crippen LogP contribution < -0.4 is 4.74 Å². The van der Waals surface area contributed by atoms with Gasteiger partial charge in [-0.05, 0) is 64.6 Å². The Hall–Kier alpha value is -1.62. The molecule has 2 fully saturated rings. The van der Waals surface area contributed by atoms with E-state index in [4.69, 9.17) is 4.74 Å². The van der Waals surface area contributed by atoms with Gasteiger partial charge in [-0.1, -0.05) is 6.07 Å². The maximum atomic E-state index is 12.7. The minimum absolute atomic E-state index is 0.0313. The molecule has 132 valence electrons. The molecule has 5 heteroatoms. The zero-order chi connectivity index (χ0) is 16.9. The van der Waals surface area contributed by atoms with Gasteiger partial charge in [-0.2, -0.15) is 0 Å². The summed E-state index contributed by atoms with van der Waals surface area (Å²) in [4.78, 5) is 21.6. The molecule has 0 bridgehead atoms. The lowest BCUT2D eigenvalue weighted by molar-refractivity contribution is 0.0665. The quantitative estimate of drug-likeness (QED) is 0.832. The van der Waals surface area contributed by atoms with Gasteiger partial charge >= 0.3 is 0 Å². The van der Waals surface area contributed by atoms with Crippen molar-refractivity contribution in [2.45, 2.75) is 45.6 Å². The summed E-state index contributed by atoms with van der Waals surface area (Å²) in [7, 11) is 0. The number of nitrogens with zero attached hydrogens (tertiary/aromatic N) is 3. The van der Waals surface area contributed by atoms with Crippen LogP contribution in [0.25, 0.3) is 0 Å². The highest BCUT2D eigenvalue weighted by molar-refractivity contribution is 5.92. The monoisotopic (exact) mass is 331 g/mol. The largest absolute Gasteiger partial charge is 0.475 e. The average molecular weight is 331 g/mol. The second-order valence-electron chi connectivity index (χ2n) is 7.27. The van der Waals surface area contributed by atoms with Crippen LogP contribution in [0.1, 0.15) is 50.0 Å². The minimum Gasteiger partial charge on any atom is -0.475 e. The molecule has 3 rings (SSSR count). The van der Waals surface area contributed by atoms with E-state index in [1.807, 2.05) is 24.8 Å². The van der Waals surface area contributed by atoms with Crippen molar-refractivity contribution in [2.24, 2.45) is 5.92 Å². The van der Waals surface area contributed by atoms with Crippen molar-refractivity contribution in [1.29, 1.82) is 0 Å². The van der Waals surface area contributed by atoms with E-state index in [0.29, 0.717) is 11.6 Å². The van der Waals surface area contributed by atoms with E-state index < -0.39 is 0 Å². The summed E-state index contributed by atoms with van der Waals surface area (Å²) in [6.45, 7) is 9.32. The fraction of sp³-hybridized carbons (Fsp3) is 0.684. The van der Waals surface area contributed by atoms with E-state index in [2.05, 4.69) is 9.88 Å². The van der Waals surface area contributed by atoms with E-state index in [-0.39, 0.29) is 12.0 Å². The van der Waals surface area contributed by atoms with Gasteiger partial charge in [0.1, 0.15) is 5.69 Å². The first-order valence-corrected chi connectivity index (χ1v) is 9.27. The molecule has 2 aliphatic rings. The third-order valence-electron chi connectivity index (χ3n) is 4.92. The summed E-state index contributed by atoms with van der Waals surface area (Å²) < 4.78 is 5.60. The normalized spacial score (nSPS) is 19.9. The molecule has 24 heavy (non-hydrogen) atoms. The third-order valence-corrected chi connectivity index (χ3v) is 4.92. The lowest BCUT2D eigenvalue weighted by Gasteiger charge is -2.33. The molecule has 0 unspecified atom stereocenters. The van der Waals surface area contributed by atoms with Gasteiger partial charge < -0.3 is 14.5 Å². The molecule has 0 N–H and O–H groups in total. The topological polar surface area (TPSA) is 45.7 Å². The zero-order valence-electron chi connectivity index (χ0n) is 14.9. The Balaban J connectivity index is 1.53. The van der Waals surface area contributed by atoms with E-state index >= 15 is 0 Å². The standard InChI is InChI=1S/C19H29N3O2/c1-15(2)24-18-7-5-6-17(20-18)19(23)22-12-8-16(9-13-22)14-21-10-3-4-11-21/h5-7,15-16H,3-4,8-14H2,1-2H3. The number of amides is 1. The molecule has 0 saturated carbocycles. The molecule has 1 aromatic heterocycles. The lowest BCUT2D eigenvalue weighted by Crippen LogP contribution is -2.41. The Morgan fingerprint density at radius 1 is 1.21 bits per heavy atom. The number of pyridine rings is 1. The zero-order valence-corrected chi connectivity index (χ0v) is 14.9. The van der Waals surface area contributed by atoms with E-state index in [1.54, 1.807) is 12.1 Å². The van der Waals surface area contributed by atoms with Gasteiger partial charge in [-0.15, -0.1) is 0 Å². The maximum Gasteiger partial charge on any atom is 0.272 e. The predicted molar refractivity (Wildman–Crippen MR) is 94.3 cm³/mol. The molecule has 0 atom stereocenters. The number of carbonyl (C=O) groups is 1. The number of rotatable bonds is 5. The Morgan fingerprint density at radius 3 is 2.58 bits per heavy atom. The van der Waals surface area contributed by atoms with E-state index in [0.717, 1.165) is 31.8 Å². The van der Waals surface area contributed by atoms with Crippen LogP contribution in [0.3, 0.4) is 0 Å². The maximum absolute atomic E-state index is 12.7. The summed E-state index contributed by atoms with van der Waals surface area (Å²) in [5.41, 5.74) is 0.492. The van der Waals surface area contributed by atoms with Crippen molar-refractivity contribution in [2.75, 3.05) is 32.7 Å². The number of aromatic nitrogens is 1. The molecule has 2 saturated heterocycles. The average Bonchev–Trinajstić information content (AvgIpc) is 3.07. The number of likely N-dealkylation sites (tertiary alicyclic amines) is 2. The Morgan fingerprint density at radius 2 is 1.92 bits per heavy atom. The van der Waals surface area contributed by atoms with Crippen molar-refractivity contribution in [1.82, 2.24) is 14.8 Å². The molecular weight excluding hydrogens is 302 g/mol. The second-order valence-corrected chi connectivity index (χ2v) is 7.27. The Labute approximate surface area is 145 Å². The van der Waals surface area contributed by atoms with Gasteiger partial charge in [-0.3, -0.25) is 4.79 Å². The lowest BCUT2D eigenvalue weighted by atomic mass is 9.96. The third kappa shape index (κ3) is 4.47. The highest BCUT2D eigenvalue weighted by Crippen LogP contribution is 2.22. The van der Waals surface area contributed by atoms with Crippen LogP contribution in [0.2, 0.25) is 0 Å². The van der Waals surface area contributed by atoms with Gasteiger partial charge in [0.15, 0.2) is 0 Å². The summed E-state index contributed by atoms with van der Waals surface area (Å²) in [6, 6.07) is 5.43. The van der Waals surface area contributed by atoms with Crippen LogP contribution in [0.15, 0.2) is 18.2 Å². The number of hydrogen-bond acceptors (Lipinski definition) is 4. The highest BCUT2D eigenvalue weighted by atomic mass is 16.5. The fourth-order valence-electron chi connectivity index (χ4n) is 3.65. The van der Waals surface area contributed by atoms with Gasteiger partial charge in [0.05, 0.1) is 6.10 Å². The van der Waals surface area contributed by atoms with Crippen molar-refractivity contribution in [3.05, 3.63) is 23.9 Å². The number of piperidine rings is 1. The van der Waals surface area contributed by atoms with Crippen molar-refractivity contribution in [3.8, 4) is 5.88 Å². The highest BCUT2D eigenvalue weighted by Gasteiger charge is 2.26.